The molecule has 1 aromatic heterocycles. The van der Waals surface area contributed by atoms with Crippen LogP contribution in [0.4, 0.5) is 0 Å². The van der Waals surface area contributed by atoms with Gasteiger partial charge in [0, 0.05) is 24.4 Å². The van der Waals surface area contributed by atoms with Gasteiger partial charge in [-0.3, -0.25) is 4.98 Å². The van der Waals surface area contributed by atoms with Gasteiger partial charge in [0.15, 0.2) is 0 Å². The van der Waals surface area contributed by atoms with Gasteiger partial charge in [-0.15, -0.1) is 0 Å². The van der Waals surface area contributed by atoms with Gasteiger partial charge in [-0.05, 0) is 32.0 Å². The summed E-state index contributed by atoms with van der Waals surface area (Å²) in [5.74, 6) is 0. The molecule has 1 rings (SSSR count). The summed E-state index contributed by atoms with van der Waals surface area (Å²) < 4.78 is 0. The third kappa shape index (κ3) is 4.00. The van der Waals surface area contributed by atoms with Crippen molar-refractivity contribution >= 4 is 0 Å². The van der Waals surface area contributed by atoms with Gasteiger partial charge < -0.3 is 5.32 Å². The maximum absolute atomic E-state index is 4.43. The number of rotatable bonds is 6. The van der Waals surface area contributed by atoms with E-state index in [1.165, 1.54) is 30.5 Å². The Kier molecular flexibility index (Phi) is 5.33. The number of unbranched alkanes of at least 4 members (excludes halogenated alkanes) is 1. The molecule has 1 aromatic rings. The molecule has 0 aliphatic heterocycles. The maximum atomic E-state index is 4.43. The average Bonchev–Trinajstić information content (AvgIpc) is 2.26. The third-order valence-corrected chi connectivity index (χ3v) is 2.87. The average molecular weight is 206 g/mol. The smallest absolute Gasteiger partial charge is 0.0448 e. The van der Waals surface area contributed by atoms with Crippen LogP contribution in [0, 0.1) is 6.92 Å². The summed E-state index contributed by atoms with van der Waals surface area (Å²) >= 11 is 0. The SMILES string of the molecule is CCCCC(Cc1ncccc1C)NC. The molecule has 0 aliphatic carbocycles. The van der Waals surface area contributed by atoms with Gasteiger partial charge in [0.1, 0.15) is 0 Å². The van der Waals surface area contributed by atoms with Gasteiger partial charge in [0.25, 0.3) is 0 Å². The molecule has 2 nitrogen and oxygen atoms in total. The highest BCUT2D eigenvalue weighted by Gasteiger charge is 2.08. The van der Waals surface area contributed by atoms with E-state index in [-0.39, 0.29) is 0 Å². The molecule has 0 amide bonds. The predicted molar refractivity (Wildman–Crippen MR) is 65.1 cm³/mol. The van der Waals surface area contributed by atoms with Gasteiger partial charge in [-0.1, -0.05) is 25.8 Å². The van der Waals surface area contributed by atoms with E-state index >= 15 is 0 Å². The summed E-state index contributed by atoms with van der Waals surface area (Å²) in [7, 11) is 2.04. The predicted octanol–water partition coefficient (Wildman–Crippen LogP) is 2.71. The Morgan fingerprint density at radius 3 is 2.87 bits per heavy atom. The maximum Gasteiger partial charge on any atom is 0.0448 e. The van der Waals surface area contributed by atoms with Crippen LogP contribution in [0.3, 0.4) is 0 Å². The molecule has 0 saturated carbocycles. The lowest BCUT2D eigenvalue weighted by molar-refractivity contribution is 0.493. The van der Waals surface area contributed by atoms with Crippen LogP contribution in [0.25, 0.3) is 0 Å². The molecule has 0 fully saturated rings. The minimum absolute atomic E-state index is 0.568. The largest absolute Gasteiger partial charge is 0.317 e. The first-order chi connectivity index (χ1) is 7.27. The van der Waals surface area contributed by atoms with Crippen LogP contribution in [0.5, 0.6) is 0 Å². The molecular weight excluding hydrogens is 184 g/mol. The van der Waals surface area contributed by atoms with Crippen molar-refractivity contribution in [1.29, 1.82) is 0 Å². The van der Waals surface area contributed by atoms with Crippen molar-refractivity contribution in [3.63, 3.8) is 0 Å². The van der Waals surface area contributed by atoms with Crippen LogP contribution < -0.4 is 5.32 Å². The molecule has 0 spiro atoms. The molecular formula is C13H22N2. The van der Waals surface area contributed by atoms with Crippen molar-refractivity contribution in [1.82, 2.24) is 10.3 Å². The molecule has 2 heteroatoms. The first-order valence-corrected chi connectivity index (χ1v) is 5.85. The van der Waals surface area contributed by atoms with E-state index in [0.717, 1.165) is 6.42 Å². The molecule has 1 heterocycles. The Labute approximate surface area is 93.1 Å². The summed E-state index contributed by atoms with van der Waals surface area (Å²) in [6.07, 6.45) is 6.72. The number of hydrogen-bond acceptors (Lipinski definition) is 2. The second-order valence-corrected chi connectivity index (χ2v) is 4.10. The van der Waals surface area contributed by atoms with E-state index in [0.29, 0.717) is 6.04 Å². The Balaban J connectivity index is 2.54. The number of likely N-dealkylation sites (N-methyl/N-ethyl adjacent to an activating group) is 1. The van der Waals surface area contributed by atoms with Crippen molar-refractivity contribution < 1.29 is 0 Å². The molecule has 84 valence electrons. The van der Waals surface area contributed by atoms with Crippen LogP contribution >= 0.6 is 0 Å². The summed E-state index contributed by atoms with van der Waals surface area (Å²) in [4.78, 5) is 4.43. The molecule has 0 aromatic carbocycles. The van der Waals surface area contributed by atoms with Crippen molar-refractivity contribution in [2.75, 3.05) is 7.05 Å². The zero-order chi connectivity index (χ0) is 11.1. The fourth-order valence-electron chi connectivity index (χ4n) is 1.76. The summed E-state index contributed by atoms with van der Waals surface area (Å²) in [5.41, 5.74) is 2.53. The van der Waals surface area contributed by atoms with E-state index < -0.39 is 0 Å². The lowest BCUT2D eigenvalue weighted by Gasteiger charge is -2.16. The van der Waals surface area contributed by atoms with Gasteiger partial charge >= 0.3 is 0 Å². The van der Waals surface area contributed by atoms with Crippen LogP contribution in [0.15, 0.2) is 18.3 Å². The molecule has 15 heavy (non-hydrogen) atoms. The molecule has 1 atom stereocenters. The Bertz CT molecular complexity index is 284. The first-order valence-electron chi connectivity index (χ1n) is 5.85. The Morgan fingerprint density at radius 2 is 2.27 bits per heavy atom. The van der Waals surface area contributed by atoms with Gasteiger partial charge in [-0.2, -0.15) is 0 Å². The van der Waals surface area contributed by atoms with Crippen LogP contribution in [0.2, 0.25) is 0 Å². The highest BCUT2D eigenvalue weighted by Crippen LogP contribution is 2.10. The lowest BCUT2D eigenvalue weighted by atomic mass is 10.0. The second kappa shape index (κ2) is 6.57. The number of aryl methyl sites for hydroxylation is 1. The van der Waals surface area contributed by atoms with E-state index in [1.807, 2.05) is 19.3 Å². The normalized spacial score (nSPS) is 12.7. The highest BCUT2D eigenvalue weighted by molar-refractivity contribution is 5.18. The van der Waals surface area contributed by atoms with E-state index in [4.69, 9.17) is 0 Å². The fourth-order valence-corrected chi connectivity index (χ4v) is 1.76. The minimum Gasteiger partial charge on any atom is -0.317 e. The molecule has 0 saturated heterocycles. The summed E-state index contributed by atoms with van der Waals surface area (Å²) in [6, 6.07) is 4.70. The fraction of sp³-hybridized carbons (Fsp3) is 0.615. The number of pyridine rings is 1. The molecule has 1 unspecified atom stereocenters. The van der Waals surface area contributed by atoms with E-state index in [2.05, 4.69) is 30.2 Å². The molecule has 1 N–H and O–H groups in total. The Morgan fingerprint density at radius 1 is 1.47 bits per heavy atom. The van der Waals surface area contributed by atoms with Gasteiger partial charge in [0.05, 0.1) is 0 Å². The second-order valence-electron chi connectivity index (χ2n) is 4.10. The van der Waals surface area contributed by atoms with Gasteiger partial charge in [0.2, 0.25) is 0 Å². The van der Waals surface area contributed by atoms with Crippen molar-refractivity contribution in [2.45, 2.75) is 45.6 Å². The van der Waals surface area contributed by atoms with Gasteiger partial charge in [-0.25, -0.2) is 0 Å². The van der Waals surface area contributed by atoms with Crippen LogP contribution in [-0.2, 0) is 6.42 Å². The van der Waals surface area contributed by atoms with E-state index in [1.54, 1.807) is 0 Å². The third-order valence-electron chi connectivity index (χ3n) is 2.87. The number of hydrogen-bond donors (Lipinski definition) is 1. The van der Waals surface area contributed by atoms with Crippen molar-refractivity contribution in [2.24, 2.45) is 0 Å². The lowest BCUT2D eigenvalue weighted by Crippen LogP contribution is -2.28. The number of aromatic nitrogens is 1. The summed E-state index contributed by atoms with van der Waals surface area (Å²) in [6.45, 7) is 4.37. The van der Waals surface area contributed by atoms with Crippen molar-refractivity contribution in [3.05, 3.63) is 29.6 Å². The number of nitrogens with one attached hydrogen (secondary N) is 1. The zero-order valence-corrected chi connectivity index (χ0v) is 10.1. The first kappa shape index (κ1) is 12.2. The summed E-state index contributed by atoms with van der Waals surface area (Å²) in [5, 5.41) is 3.37. The Hall–Kier alpha value is -0.890. The topological polar surface area (TPSA) is 24.9 Å². The standard InChI is InChI=1S/C13H22N2/c1-4-5-8-12(14-3)10-13-11(2)7-6-9-15-13/h6-7,9,12,14H,4-5,8,10H2,1-3H3. The number of nitrogens with zero attached hydrogens (tertiary/aromatic N) is 1. The molecule has 0 radical (unpaired) electrons. The molecule has 0 bridgehead atoms. The highest BCUT2D eigenvalue weighted by atomic mass is 14.9. The van der Waals surface area contributed by atoms with Crippen LogP contribution in [-0.4, -0.2) is 18.1 Å². The monoisotopic (exact) mass is 206 g/mol. The quantitative estimate of drug-likeness (QED) is 0.774. The minimum atomic E-state index is 0.568. The van der Waals surface area contributed by atoms with E-state index in [9.17, 15) is 0 Å². The molecule has 0 aliphatic rings. The van der Waals surface area contributed by atoms with Crippen LogP contribution in [0.1, 0.15) is 37.4 Å². The zero-order valence-electron chi connectivity index (χ0n) is 10.1. The van der Waals surface area contributed by atoms with Crippen molar-refractivity contribution in [3.8, 4) is 0 Å².